The summed E-state index contributed by atoms with van der Waals surface area (Å²) in [7, 11) is -1.63. The fraction of sp³-hybridized carbons (Fsp3) is 0.867. The maximum atomic E-state index is 12.1. The third kappa shape index (κ3) is 6.36. The first-order chi connectivity index (χ1) is 10.3. The SMILES string of the molecule is CC(C)C[C@H](NC(=O)C(C)C(=O)NC1CCCCC1)B(O)O. The van der Waals surface area contributed by atoms with Crippen molar-refractivity contribution in [2.24, 2.45) is 11.8 Å². The molecule has 0 saturated heterocycles. The quantitative estimate of drug-likeness (QED) is 0.409. The standard InChI is InChI=1S/C15H29BN2O4/c1-10(2)9-13(16(21)22)18-15(20)11(3)14(19)17-12-7-5-4-6-8-12/h10-13,21-22H,4-9H2,1-3H3,(H,17,19)(H,18,20)/t11?,13-/m0/s1. The lowest BCUT2D eigenvalue weighted by atomic mass is 9.75. The third-order valence-electron chi connectivity index (χ3n) is 4.15. The van der Waals surface area contributed by atoms with Crippen LogP contribution >= 0.6 is 0 Å². The van der Waals surface area contributed by atoms with Gasteiger partial charge in [-0.05, 0) is 32.1 Å². The van der Waals surface area contributed by atoms with Crippen molar-refractivity contribution < 1.29 is 19.6 Å². The van der Waals surface area contributed by atoms with Crippen LogP contribution in [0.1, 0.15) is 59.3 Å². The van der Waals surface area contributed by atoms with E-state index in [4.69, 9.17) is 0 Å². The zero-order valence-electron chi connectivity index (χ0n) is 13.8. The Morgan fingerprint density at radius 3 is 2.18 bits per heavy atom. The molecule has 6 nitrogen and oxygen atoms in total. The minimum Gasteiger partial charge on any atom is -0.426 e. The number of nitrogens with one attached hydrogen (secondary N) is 2. The predicted molar refractivity (Wildman–Crippen MR) is 85.8 cm³/mol. The Hall–Kier alpha value is -1.08. The molecule has 1 aliphatic rings. The molecule has 0 aromatic carbocycles. The van der Waals surface area contributed by atoms with Crippen LogP contribution in [0.3, 0.4) is 0 Å². The predicted octanol–water partition coefficient (Wildman–Crippen LogP) is 0.614. The molecule has 0 aliphatic heterocycles. The molecule has 0 spiro atoms. The lowest BCUT2D eigenvalue weighted by Crippen LogP contribution is -2.51. The second-order valence-corrected chi connectivity index (χ2v) is 6.72. The van der Waals surface area contributed by atoms with Crippen molar-refractivity contribution in [3.63, 3.8) is 0 Å². The van der Waals surface area contributed by atoms with Crippen LogP contribution in [0.15, 0.2) is 0 Å². The van der Waals surface area contributed by atoms with E-state index in [-0.39, 0.29) is 17.9 Å². The maximum absolute atomic E-state index is 12.1. The van der Waals surface area contributed by atoms with E-state index in [0.717, 1.165) is 25.7 Å². The zero-order valence-corrected chi connectivity index (χ0v) is 13.8. The third-order valence-corrected chi connectivity index (χ3v) is 4.15. The Morgan fingerprint density at radius 2 is 1.68 bits per heavy atom. The van der Waals surface area contributed by atoms with E-state index in [0.29, 0.717) is 6.42 Å². The summed E-state index contributed by atoms with van der Waals surface area (Å²) in [4.78, 5) is 24.3. The maximum Gasteiger partial charge on any atom is 0.475 e. The van der Waals surface area contributed by atoms with Crippen molar-refractivity contribution in [3.8, 4) is 0 Å². The van der Waals surface area contributed by atoms with E-state index in [2.05, 4.69) is 10.6 Å². The van der Waals surface area contributed by atoms with Gasteiger partial charge in [0.2, 0.25) is 11.8 Å². The minimum atomic E-state index is -1.63. The van der Waals surface area contributed by atoms with Crippen LogP contribution < -0.4 is 10.6 Å². The highest BCUT2D eigenvalue weighted by Crippen LogP contribution is 2.17. The minimum absolute atomic E-state index is 0.159. The van der Waals surface area contributed by atoms with E-state index in [1.807, 2.05) is 13.8 Å². The molecule has 2 atom stereocenters. The van der Waals surface area contributed by atoms with Gasteiger partial charge in [-0.25, -0.2) is 0 Å². The summed E-state index contributed by atoms with van der Waals surface area (Å²) in [6.45, 7) is 5.41. The molecule has 4 N–H and O–H groups in total. The number of hydrogen-bond donors (Lipinski definition) is 4. The molecule has 1 rings (SSSR count). The molecular weight excluding hydrogens is 283 g/mol. The van der Waals surface area contributed by atoms with Gasteiger partial charge in [0.05, 0.1) is 5.94 Å². The van der Waals surface area contributed by atoms with Gasteiger partial charge in [-0.3, -0.25) is 9.59 Å². The highest BCUT2D eigenvalue weighted by atomic mass is 16.4. The summed E-state index contributed by atoms with van der Waals surface area (Å²) in [5.74, 6) is -2.14. The van der Waals surface area contributed by atoms with Gasteiger partial charge >= 0.3 is 7.12 Å². The fourth-order valence-electron chi connectivity index (χ4n) is 2.76. The van der Waals surface area contributed by atoms with Gasteiger partial charge in [0.15, 0.2) is 0 Å². The zero-order chi connectivity index (χ0) is 16.7. The van der Waals surface area contributed by atoms with Gasteiger partial charge in [0.25, 0.3) is 0 Å². The number of amides is 2. The molecule has 22 heavy (non-hydrogen) atoms. The van der Waals surface area contributed by atoms with Gasteiger partial charge in [-0.15, -0.1) is 0 Å². The normalized spacial score (nSPS) is 18.6. The van der Waals surface area contributed by atoms with E-state index >= 15 is 0 Å². The molecule has 1 aliphatic carbocycles. The first kappa shape index (κ1) is 19.0. The van der Waals surface area contributed by atoms with Crippen LogP contribution in [-0.4, -0.2) is 41.0 Å². The molecule has 0 aromatic rings. The fourth-order valence-corrected chi connectivity index (χ4v) is 2.76. The second kappa shape index (κ2) is 9.15. The molecule has 7 heteroatoms. The van der Waals surface area contributed by atoms with Crippen molar-refractivity contribution in [2.45, 2.75) is 71.3 Å². The molecule has 1 unspecified atom stereocenters. The monoisotopic (exact) mass is 312 g/mol. The lowest BCUT2D eigenvalue weighted by molar-refractivity contribution is -0.135. The molecule has 126 valence electrons. The van der Waals surface area contributed by atoms with Gasteiger partial charge < -0.3 is 20.7 Å². The van der Waals surface area contributed by atoms with Gasteiger partial charge in [0.1, 0.15) is 5.92 Å². The molecule has 1 fully saturated rings. The van der Waals surface area contributed by atoms with Crippen LogP contribution in [0.4, 0.5) is 0 Å². The average Bonchev–Trinajstić information content (AvgIpc) is 2.46. The lowest BCUT2D eigenvalue weighted by Gasteiger charge is -2.25. The molecule has 0 bridgehead atoms. The molecule has 1 saturated carbocycles. The molecule has 2 amide bonds. The molecular formula is C15H29BN2O4. The van der Waals surface area contributed by atoms with Crippen molar-refractivity contribution in [2.75, 3.05) is 0 Å². The Morgan fingerprint density at radius 1 is 1.09 bits per heavy atom. The van der Waals surface area contributed by atoms with E-state index < -0.39 is 24.9 Å². The number of hydrogen-bond acceptors (Lipinski definition) is 4. The summed E-state index contributed by atoms with van der Waals surface area (Å²) >= 11 is 0. The average molecular weight is 312 g/mol. The largest absolute Gasteiger partial charge is 0.475 e. The van der Waals surface area contributed by atoms with Crippen molar-refractivity contribution in [3.05, 3.63) is 0 Å². The number of carbonyl (C=O) groups excluding carboxylic acids is 2. The van der Waals surface area contributed by atoms with E-state index in [1.54, 1.807) is 6.92 Å². The van der Waals surface area contributed by atoms with E-state index in [1.165, 1.54) is 6.42 Å². The first-order valence-corrected chi connectivity index (χ1v) is 8.28. The van der Waals surface area contributed by atoms with E-state index in [9.17, 15) is 19.6 Å². The van der Waals surface area contributed by atoms with Crippen LogP contribution in [0, 0.1) is 11.8 Å². The smallest absolute Gasteiger partial charge is 0.426 e. The Bertz CT molecular complexity index is 371. The molecule has 0 heterocycles. The first-order valence-electron chi connectivity index (χ1n) is 8.28. The summed E-state index contributed by atoms with van der Waals surface area (Å²) in [5, 5.41) is 24.1. The van der Waals surface area contributed by atoms with Crippen LogP contribution in [0.5, 0.6) is 0 Å². The summed E-state index contributed by atoms with van der Waals surface area (Å²) in [6.07, 6.45) is 5.79. The van der Waals surface area contributed by atoms with Gasteiger partial charge in [0, 0.05) is 6.04 Å². The number of rotatable bonds is 7. The van der Waals surface area contributed by atoms with Gasteiger partial charge in [-0.2, -0.15) is 0 Å². The highest BCUT2D eigenvalue weighted by Gasteiger charge is 2.30. The topological polar surface area (TPSA) is 98.7 Å². The summed E-state index contributed by atoms with van der Waals surface area (Å²) < 4.78 is 0. The molecule has 0 aromatic heterocycles. The van der Waals surface area contributed by atoms with Gasteiger partial charge in [-0.1, -0.05) is 33.1 Å². The Labute approximate surface area is 133 Å². The van der Waals surface area contributed by atoms with Crippen molar-refractivity contribution >= 4 is 18.9 Å². The Balaban J connectivity index is 2.49. The van der Waals surface area contributed by atoms with Crippen LogP contribution in [-0.2, 0) is 9.59 Å². The van der Waals surface area contributed by atoms with Crippen molar-refractivity contribution in [1.82, 2.24) is 10.6 Å². The van der Waals surface area contributed by atoms with Crippen molar-refractivity contribution in [1.29, 1.82) is 0 Å². The molecule has 0 radical (unpaired) electrons. The second-order valence-electron chi connectivity index (χ2n) is 6.72. The van der Waals surface area contributed by atoms with Crippen LogP contribution in [0.2, 0.25) is 0 Å². The highest BCUT2D eigenvalue weighted by molar-refractivity contribution is 6.43. The number of carbonyl (C=O) groups is 2. The summed E-state index contributed by atoms with van der Waals surface area (Å²) in [5.41, 5.74) is 0. The summed E-state index contributed by atoms with van der Waals surface area (Å²) in [6, 6.07) is 0.159. The van der Waals surface area contributed by atoms with Crippen LogP contribution in [0.25, 0.3) is 0 Å². The Kier molecular flexibility index (Phi) is 7.89.